The first-order valence-electron chi connectivity index (χ1n) is 11.1. The Balaban J connectivity index is 1.56. The summed E-state index contributed by atoms with van der Waals surface area (Å²) in [5, 5.41) is 0. The third-order valence-electron chi connectivity index (χ3n) is 9.34. The largest absolute Gasteiger partial charge is 0.330 e. The summed E-state index contributed by atoms with van der Waals surface area (Å²) in [5.74, 6) is 4.61. The predicted molar refractivity (Wildman–Crippen MR) is 107 cm³/mol. The van der Waals surface area contributed by atoms with E-state index in [1.165, 1.54) is 51.4 Å². The Hall–Kier alpha value is -0.560. The van der Waals surface area contributed by atoms with Gasteiger partial charge in [0.25, 0.3) is 0 Å². The second-order valence-electron chi connectivity index (χ2n) is 10.3. The minimum Gasteiger partial charge on any atom is -0.330 e. The quantitative estimate of drug-likeness (QED) is 0.616. The van der Waals surface area contributed by atoms with Gasteiger partial charge in [0.05, 0.1) is 0 Å². The molecule has 4 aliphatic carbocycles. The van der Waals surface area contributed by atoms with Crippen LogP contribution in [0.1, 0.15) is 78.6 Å². The highest BCUT2D eigenvalue weighted by atomic mass is 14.6. The molecule has 0 aliphatic heterocycles. The van der Waals surface area contributed by atoms with E-state index >= 15 is 0 Å². The summed E-state index contributed by atoms with van der Waals surface area (Å²) in [6.45, 7) is 8.59. The third kappa shape index (κ3) is 2.76. The van der Waals surface area contributed by atoms with Crippen molar-refractivity contribution in [3.8, 4) is 0 Å². The molecule has 0 radical (unpaired) electrons. The van der Waals surface area contributed by atoms with Gasteiger partial charge in [-0.3, -0.25) is 0 Å². The summed E-state index contributed by atoms with van der Waals surface area (Å²) in [5.41, 5.74) is 8.62. The zero-order valence-corrected chi connectivity index (χ0v) is 16.8. The SMILES string of the molecule is C[C@H]1CCC2C3CCC4=C[C@@H](/C=C/CCN)CC[C@]4(C)C3CC[C@@]21C. The summed E-state index contributed by atoms with van der Waals surface area (Å²) >= 11 is 0. The van der Waals surface area contributed by atoms with Crippen molar-refractivity contribution in [1.82, 2.24) is 0 Å². The monoisotopic (exact) mass is 341 g/mol. The zero-order valence-electron chi connectivity index (χ0n) is 16.8. The van der Waals surface area contributed by atoms with E-state index in [1.807, 2.05) is 5.57 Å². The number of allylic oxidation sites excluding steroid dienone is 3. The van der Waals surface area contributed by atoms with Gasteiger partial charge in [0.2, 0.25) is 0 Å². The predicted octanol–water partition coefficient (Wildman–Crippen LogP) is 6.11. The molecule has 25 heavy (non-hydrogen) atoms. The topological polar surface area (TPSA) is 26.0 Å². The Morgan fingerprint density at radius 2 is 1.92 bits per heavy atom. The molecule has 0 aromatic heterocycles. The Kier molecular flexibility index (Phi) is 4.67. The van der Waals surface area contributed by atoms with Gasteiger partial charge in [-0.05, 0) is 105 Å². The fourth-order valence-electron chi connectivity index (χ4n) is 7.54. The molecule has 0 spiro atoms. The Morgan fingerprint density at radius 3 is 2.72 bits per heavy atom. The maximum absolute atomic E-state index is 5.64. The molecule has 3 fully saturated rings. The van der Waals surface area contributed by atoms with E-state index in [2.05, 4.69) is 39.0 Å². The van der Waals surface area contributed by atoms with Crippen LogP contribution in [-0.4, -0.2) is 6.54 Å². The van der Waals surface area contributed by atoms with Crippen molar-refractivity contribution in [2.75, 3.05) is 6.54 Å². The number of rotatable bonds is 3. The smallest absolute Gasteiger partial charge is 0.00426 e. The van der Waals surface area contributed by atoms with Crippen molar-refractivity contribution in [2.24, 2.45) is 46.2 Å². The van der Waals surface area contributed by atoms with Crippen LogP contribution in [0.3, 0.4) is 0 Å². The molecule has 0 heterocycles. The molecule has 3 saturated carbocycles. The van der Waals surface area contributed by atoms with E-state index in [1.54, 1.807) is 0 Å². The summed E-state index contributed by atoms with van der Waals surface area (Å²) < 4.78 is 0. The molecular weight excluding hydrogens is 302 g/mol. The van der Waals surface area contributed by atoms with E-state index in [4.69, 9.17) is 5.73 Å². The van der Waals surface area contributed by atoms with Crippen molar-refractivity contribution in [1.29, 1.82) is 0 Å². The van der Waals surface area contributed by atoms with Crippen molar-refractivity contribution in [2.45, 2.75) is 78.6 Å². The van der Waals surface area contributed by atoms with Gasteiger partial charge in [0.15, 0.2) is 0 Å². The van der Waals surface area contributed by atoms with Crippen LogP contribution < -0.4 is 5.73 Å². The average Bonchev–Trinajstić information content (AvgIpc) is 2.90. The lowest BCUT2D eigenvalue weighted by Gasteiger charge is -2.58. The highest BCUT2D eigenvalue weighted by Crippen LogP contribution is 2.66. The molecule has 4 aliphatic rings. The number of hydrogen-bond donors (Lipinski definition) is 1. The van der Waals surface area contributed by atoms with Crippen LogP contribution in [0.4, 0.5) is 0 Å². The summed E-state index contributed by atoms with van der Waals surface area (Å²) in [6, 6.07) is 0. The highest BCUT2D eigenvalue weighted by molar-refractivity contribution is 5.26. The molecule has 1 nitrogen and oxygen atoms in total. The van der Waals surface area contributed by atoms with Gasteiger partial charge in [-0.2, -0.15) is 0 Å². The van der Waals surface area contributed by atoms with Gasteiger partial charge in [-0.15, -0.1) is 0 Å². The number of fused-ring (bicyclic) bond motifs is 5. The van der Waals surface area contributed by atoms with Crippen LogP contribution in [0.2, 0.25) is 0 Å². The minimum atomic E-state index is 0.508. The molecule has 0 aromatic rings. The van der Waals surface area contributed by atoms with Gasteiger partial charge in [0, 0.05) is 0 Å². The maximum Gasteiger partial charge on any atom is -0.00426 e. The first kappa shape index (κ1) is 17.8. The molecule has 140 valence electrons. The number of nitrogens with two attached hydrogens (primary N) is 1. The maximum atomic E-state index is 5.64. The Bertz CT molecular complexity index is 560. The first-order chi connectivity index (χ1) is 12.0. The molecule has 3 unspecified atom stereocenters. The van der Waals surface area contributed by atoms with Crippen molar-refractivity contribution in [3.63, 3.8) is 0 Å². The lowest BCUT2D eigenvalue weighted by atomic mass is 9.46. The van der Waals surface area contributed by atoms with Gasteiger partial charge < -0.3 is 5.73 Å². The molecular formula is C24H39N. The lowest BCUT2D eigenvalue weighted by molar-refractivity contribution is -0.0496. The fourth-order valence-corrected chi connectivity index (χ4v) is 7.54. The summed E-state index contributed by atoms with van der Waals surface area (Å²) in [4.78, 5) is 0. The van der Waals surface area contributed by atoms with Crippen LogP contribution in [0.25, 0.3) is 0 Å². The second-order valence-corrected chi connectivity index (χ2v) is 10.3. The van der Waals surface area contributed by atoms with E-state index < -0.39 is 0 Å². The van der Waals surface area contributed by atoms with Gasteiger partial charge in [0.1, 0.15) is 0 Å². The van der Waals surface area contributed by atoms with E-state index in [0.717, 1.165) is 36.6 Å². The fraction of sp³-hybridized carbons (Fsp3) is 0.833. The molecule has 1 heteroatoms. The van der Waals surface area contributed by atoms with Crippen LogP contribution in [0, 0.1) is 40.4 Å². The Labute approximate surface area is 155 Å². The second kappa shape index (κ2) is 6.55. The molecule has 0 aromatic carbocycles. The highest BCUT2D eigenvalue weighted by Gasteiger charge is 2.57. The molecule has 7 atom stereocenters. The van der Waals surface area contributed by atoms with Crippen molar-refractivity contribution < 1.29 is 0 Å². The molecule has 4 rings (SSSR count). The average molecular weight is 342 g/mol. The zero-order chi connectivity index (χ0) is 17.7. The third-order valence-corrected chi connectivity index (χ3v) is 9.34. The van der Waals surface area contributed by atoms with Crippen LogP contribution >= 0.6 is 0 Å². The van der Waals surface area contributed by atoms with E-state index in [-0.39, 0.29) is 0 Å². The van der Waals surface area contributed by atoms with E-state index in [9.17, 15) is 0 Å². The molecule has 2 N–H and O–H groups in total. The van der Waals surface area contributed by atoms with Crippen molar-refractivity contribution >= 4 is 0 Å². The lowest BCUT2D eigenvalue weighted by Crippen LogP contribution is -2.50. The molecule has 0 saturated heterocycles. The van der Waals surface area contributed by atoms with Crippen LogP contribution in [-0.2, 0) is 0 Å². The minimum absolute atomic E-state index is 0.508. The van der Waals surface area contributed by atoms with Crippen LogP contribution in [0.15, 0.2) is 23.8 Å². The summed E-state index contributed by atoms with van der Waals surface area (Å²) in [7, 11) is 0. The summed E-state index contributed by atoms with van der Waals surface area (Å²) in [6.07, 6.45) is 20.0. The van der Waals surface area contributed by atoms with Gasteiger partial charge >= 0.3 is 0 Å². The van der Waals surface area contributed by atoms with Crippen LogP contribution in [0.5, 0.6) is 0 Å². The van der Waals surface area contributed by atoms with Crippen molar-refractivity contribution in [3.05, 3.63) is 23.8 Å². The van der Waals surface area contributed by atoms with Gasteiger partial charge in [-0.1, -0.05) is 44.6 Å². The van der Waals surface area contributed by atoms with E-state index in [0.29, 0.717) is 16.7 Å². The number of hydrogen-bond acceptors (Lipinski definition) is 1. The normalized spacial score (nSPS) is 49.4. The molecule has 0 amide bonds. The first-order valence-corrected chi connectivity index (χ1v) is 11.1. The molecule has 0 bridgehead atoms. The Morgan fingerprint density at radius 1 is 1.08 bits per heavy atom. The van der Waals surface area contributed by atoms with Gasteiger partial charge in [-0.25, -0.2) is 0 Å². The standard InChI is InChI=1S/C24H39N/c1-17-7-10-21-20-9-8-19-16-18(6-4-5-15-25)11-13-24(19,3)22(20)12-14-23(17,21)2/h4,6,16-18,20-22H,5,7-15,25H2,1-3H3/b6-4+/t17-,18-,20?,21?,22?,23+,24-/m0/s1.